The van der Waals surface area contributed by atoms with Crippen LogP contribution < -0.4 is 5.62 Å². The van der Waals surface area contributed by atoms with Gasteiger partial charge in [-0.1, -0.05) is 0 Å². The summed E-state index contributed by atoms with van der Waals surface area (Å²) >= 11 is 0. The molecule has 88 valence electrons. The van der Waals surface area contributed by atoms with E-state index in [9.17, 15) is 5.26 Å². The van der Waals surface area contributed by atoms with E-state index in [-0.39, 0.29) is 11.2 Å². The van der Waals surface area contributed by atoms with Crippen molar-refractivity contribution in [2.24, 2.45) is 0 Å². The van der Waals surface area contributed by atoms with Gasteiger partial charge in [0.25, 0.3) is 0 Å². The Kier molecular flexibility index (Phi) is 2.23. The molecular weight excluding hydrogens is 240 g/mol. The van der Waals surface area contributed by atoms with Crippen molar-refractivity contribution in [3.63, 3.8) is 0 Å². The lowest BCUT2D eigenvalue weighted by molar-refractivity contribution is 1.05. The Bertz CT molecular complexity index is 909. The molecule has 0 saturated heterocycles. The molecule has 6 nitrogen and oxygen atoms in total. The Hall–Kier alpha value is -3.25. The highest BCUT2D eigenvalue weighted by atomic mass is 15.0. The normalized spacial score (nSPS) is 10.2. The molecule has 1 aromatic rings. The summed E-state index contributed by atoms with van der Waals surface area (Å²) in [5.74, 6) is 0. The van der Waals surface area contributed by atoms with Crippen LogP contribution in [0.5, 0.6) is 0 Å². The Morgan fingerprint density at radius 3 is 2.58 bits per heavy atom. The van der Waals surface area contributed by atoms with Crippen LogP contribution in [0.15, 0.2) is 24.5 Å². The van der Waals surface area contributed by atoms with Gasteiger partial charge in [-0.25, -0.2) is 9.97 Å². The summed E-state index contributed by atoms with van der Waals surface area (Å²) in [6.45, 7) is 0. The van der Waals surface area contributed by atoms with E-state index in [0.717, 1.165) is 10.8 Å². The fourth-order valence-electron chi connectivity index (χ4n) is 2.00. The molecule has 0 amide bonds. The second-order valence-electron chi connectivity index (χ2n) is 3.95. The molecule has 0 spiro atoms. The van der Waals surface area contributed by atoms with E-state index in [1.807, 2.05) is 12.1 Å². The molecule has 0 bridgehead atoms. The third-order valence-electron chi connectivity index (χ3n) is 2.81. The number of nitrogens with zero attached hydrogens (tertiary/aromatic N) is 4. The van der Waals surface area contributed by atoms with Gasteiger partial charge in [-0.3, -0.25) is 5.41 Å². The minimum Gasteiger partial charge on any atom is -0.366 e. The maximum atomic E-state index is 9.18. The van der Waals surface area contributed by atoms with Crippen LogP contribution in [0.3, 0.4) is 0 Å². The van der Waals surface area contributed by atoms with E-state index in [2.05, 4.69) is 15.0 Å². The molecule has 3 rings (SSSR count). The Labute approximate surface area is 107 Å². The Balaban J connectivity index is 2.63. The molecule has 2 heterocycles. The van der Waals surface area contributed by atoms with Crippen molar-refractivity contribution in [3.8, 4) is 23.5 Å². The van der Waals surface area contributed by atoms with Crippen LogP contribution in [-0.4, -0.2) is 15.0 Å². The molecule has 0 atom stereocenters. The molecule has 6 heteroatoms. The van der Waals surface area contributed by atoms with Gasteiger partial charge in [0.2, 0.25) is 5.62 Å². The maximum absolute atomic E-state index is 9.18. The number of rotatable bonds is 0. The van der Waals surface area contributed by atoms with Crippen molar-refractivity contribution in [1.29, 1.82) is 15.9 Å². The fraction of sp³-hybridized carbons (Fsp3) is 0. The van der Waals surface area contributed by atoms with Gasteiger partial charge < -0.3 is 4.98 Å². The van der Waals surface area contributed by atoms with Gasteiger partial charge in [-0.15, -0.1) is 0 Å². The summed E-state index contributed by atoms with van der Waals surface area (Å²) in [5, 5.41) is 27.3. The summed E-state index contributed by atoms with van der Waals surface area (Å²) in [6.07, 6.45) is 3.45. The number of imidazole rings is 1. The van der Waals surface area contributed by atoms with Crippen LogP contribution in [0.1, 0.15) is 11.1 Å². The number of hydrogen-bond donors (Lipinski definition) is 2. The van der Waals surface area contributed by atoms with Crippen LogP contribution in [0.25, 0.3) is 22.2 Å². The van der Waals surface area contributed by atoms with Crippen molar-refractivity contribution in [2.75, 3.05) is 0 Å². The molecule has 0 unspecified atom stereocenters. The minimum absolute atomic E-state index is 0.140. The largest absolute Gasteiger partial charge is 0.366 e. The summed E-state index contributed by atoms with van der Waals surface area (Å²) in [5.41, 5.74) is 1.29. The molecule has 0 aromatic carbocycles. The molecule has 1 aliphatic heterocycles. The highest BCUT2D eigenvalue weighted by molar-refractivity contribution is 5.94. The first-order chi connectivity index (χ1) is 9.22. The maximum Gasteiger partial charge on any atom is 0.243 e. The lowest BCUT2D eigenvalue weighted by Crippen LogP contribution is -1.99. The van der Waals surface area contributed by atoms with Gasteiger partial charge in [0.1, 0.15) is 17.5 Å². The van der Waals surface area contributed by atoms with E-state index in [1.54, 1.807) is 18.5 Å². The average molecular weight is 246 g/mol. The first-order valence-electron chi connectivity index (χ1n) is 5.40. The highest BCUT2D eigenvalue weighted by Gasteiger charge is 2.15. The summed E-state index contributed by atoms with van der Waals surface area (Å²) in [4.78, 5) is 10.9. The lowest BCUT2D eigenvalue weighted by atomic mass is 10.1. The number of H-pyrrole nitrogens is 1. The predicted molar refractivity (Wildman–Crippen MR) is 65.8 cm³/mol. The smallest absolute Gasteiger partial charge is 0.243 e. The molecule has 2 aliphatic rings. The molecule has 0 fully saturated rings. The monoisotopic (exact) mass is 246 g/mol. The van der Waals surface area contributed by atoms with Crippen LogP contribution in [-0.2, 0) is 0 Å². The molecule has 19 heavy (non-hydrogen) atoms. The van der Waals surface area contributed by atoms with Gasteiger partial charge >= 0.3 is 0 Å². The van der Waals surface area contributed by atoms with Crippen molar-refractivity contribution < 1.29 is 0 Å². The topological polar surface area (TPSA) is 113 Å². The zero-order valence-electron chi connectivity index (χ0n) is 9.60. The van der Waals surface area contributed by atoms with Crippen molar-refractivity contribution in [1.82, 2.24) is 15.0 Å². The zero-order chi connectivity index (χ0) is 13.4. The van der Waals surface area contributed by atoms with Crippen molar-refractivity contribution >= 4 is 10.8 Å². The van der Waals surface area contributed by atoms with Gasteiger partial charge in [0.15, 0.2) is 0 Å². The SMILES string of the molecule is N#Cc1cc(C#N)c2nc(=N)nc-2c2c[nH]cc2c1. The van der Waals surface area contributed by atoms with Crippen LogP contribution >= 0.6 is 0 Å². The number of hydrogen-bond acceptors (Lipinski definition) is 5. The first kappa shape index (κ1) is 10.9. The van der Waals surface area contributed by atoms with Gasteiger partial charge in [-0.2, -0.15) is 10.5 Å². The van der Waals surface area contributed by atoms with Gasteiger partial charge in [0, 0.05) is 23.2 Å². The van der Waals surface area contributed by atoms with Gasteiger partial charge in [-0.05, 0) is 12.1 Å². The first-order valence-corrected chi connectivity index (χ1v) is 5.40. The van der Waals surface area contributed by atoms with Crippen molar-refractivity contribution in [3.05, 3.63) is 41.3 Å². The number of nitriles is 2. The fourth-order valence-corrected chi connectivity index (χ4v) is 2.00. The third kappa shape index (κ3) is 1.60. The number of fused-ring (bicyclic) bond motifs is 3. The van der Waals surface area contributed by atoms with Crippen molar-refractivity contribution in [2.45, 2.75) is 0 Å². The second-order valence-corrected chi connectivity index (χ2v) is 3.95. The zero-order valence-corrected chi connectivity index (χ0v) is 9.60. The molecule has 1 aromatic heterocycles. The molecular formula is C13H6N6. The van der Waals surface area contributed by atoms with E-state index in [1.165, 1.54) is 6.07 Å². The van der Waals surface area contributed by atoms with E-state index in [4.69, 9.17) is 10.7 Å². The van der Waals surface area contributed by atoms with Crippen LogP contribution in [0.4, 0.5) is 0 Å². The second kappa shape index (κ2) is 3.90. The van der Waals surface area contributed by atoms with E-state index in [0.29, 0.717) is 17.0 Å². The van der Waals surface area contributed by atoms with E-state index >= 15 is 0 Å². The number of nitrogens with one attached hydrogen (secondary N) is 2. The highest BCUT2D eigenvalue weighted by Crippen LogP contribution is 2.27. The minimum atomic E-state index is -0.140. The number of aromatic amines is 1. The molecule has 0 radical (unpaired) electrons. The number of aromatic nitrogens is 3. The predicted octanol–water partition coefficient (Wildman–Crippen LogP) is 1.29. The quantitative estimate of drug-likeness (QED) is 0.622. The lowest BCUT2D eigenvalue weighted by Gasteiger charge is -1.97. The summed E-state index contributed by atoms with van der Waals surface area (Å²) < 4.78 is 0. The van der Waals surface area contributed by atoms with E-state index < -0.39 is 0 Å². The van der Waals surface area contributed by atoms with Crippen LogP contribution in [0.2, 0.25) is 0 Å². The Morgan fingerprint density at radius 2 is 1.84 bits per heavy atom. The van der Waals surface area contributed by atoms with Gasteiger partial charge in [0.05, 0.1) is 17.2 Å². The Morgan fingerprint density at radius 1 is 1.05 bits per heavy atom. The molecule has 2 N–H and O–H groups in total. The average Bonchev–Trinajstić information content (AvgIpc) is 2.98. The summed E-state index contributed by atoms with van der Waals surface area (Å²) in [7, 11) is 0. The standard InChI is InChI=1S/C13H6N6/c14-3-7-1-8(4-15)11-12(19-13(16)18-11)10-6-17-5-9(10)2-7/h1-2,5-6,16-17H. The molecule has 0 saturated carbocycles. The third-order valence-corrected chi connectivity index (χ3v) is 2.81. The molecule has 1 aliphatic carbocycles. The van der Waals surface area contributed by atoms with Crippen LogP contribution in [0, 0.1) is 28.1 Å². The summed E-state index contributed by atoms with van der Waals surface area (Å²) in [6, 6.07) is 7.16.